The maximum Gasteiger partial charge on any atom is 0.261 e. The average molecular weight is 334 g/mol. The predicted octanol–water partition coefficient (Wildman–Crippen LogP) is 3.15. The van der Waals surface area contributed by atoms with Gasteiger partial charge in [-0.3, -0.25) is 4.79 Å². The minimum absolute atomic E-state index is 0.220. The summed E-state index contributed by atoms with van der Waals surface area (Å²) in [5.74, 6) is 1.68. The number of halogens is 1. The molecule has 6 heteroatoms. The Morgan fingerprint density at radius 1 is 1.26 bits per heavy atom. The van der Waals surface area contributed by atoms with E-state index in [2.05, 4.69) is 5.32 Å². The molecule has 5 nitrogen and oxygen atoms in total. The van der Waals surface area contributed by atoms with Crippen LogP contribution in [0.25, 0.3) is 0 Å². The Kier molecular flexibility index (Phi) is 4.57. The normalized spacial score (nSPS) is 13.5. The summed E-state index contributed by atoms with van der Waals surface area (Å²) in [4.78, 5) is 12.1. The molecule has 1 N–H and O–H groups in total. The fourth-order valence-electron chi connectivity index (χ4n) is 2.17. The number of para-hydroxylation sites is 1. The minimum atomic E-state index is -0.649. The first-order valence-corrected chi connectivity index (χ1v) is 7.59. The van der Waals surface area contributed by atoms with Crippen molar-refractivity contribution in [3.8, 4) is 17.2 Å². The molecule has 23 heavy (non-hydrogen) atoms. The van der Waals surface area contributed by atoms with Crippen molar-refractivity contribution < 1.29 is 19.0 Å². The number of fused-ring (bicyclic) bond motifs is 1. The molecule has 0 aliphatic carbocycles. The van der Waals surface area contributed by atoms with Gasteiger partial charge < -0.3 is 19.5 Å². The molecular formula is C17H16ClNO4. The second-order valence-corrected chi connectivity index (χ2v) is 5.50. The van der Waals surface area contributed by atoms with Crippen LogP contribution in [-0.2, 0) is 11.3 Å². The van der Waals surface area contributed by atoms with E-state index in [4.69, 9.17) is 25.8 Å². The van der Waals surface area contributed by atoms with E-state index >= 15 is 0 Å². The number of ether oxygens (including phenoxy) is 3. The maximum atomic E-state index is 12.1. The van der Waals surface area contributed by atoms with Crippen LogP contribution in [0.1, 0.15) is 12.5 Å². The molecule has 0 saturated heterocycles. The quantitative estimate of drug-likeness (QED) is 0.913. The molecule has 0 bridgehead atoms. The van der Waals surface area contributed by atoms with Gasteiger partial charge in [-0.1, -0.05) is 29.8 Å². The summed E-state index contributed by atoms with van der Waals surface area (Å²) < 4.78 is 16.1. The third-order valence-electron chi connectivity index (χ3n) is 3.41. The summed E-state index contributed by atoms with van der Waals surface area (Å²) in [7, 11) is 0. The Bertz CT molecular complexity index is 719. The van der Waals surface area contributed by atoms with Crippen LogP contribution in [0.2, 0.25) is 5.02 Å². The van der Waals surface area contributed by atoms with Crippen LogP contribution < -0.4 is 19.5 Å². The molecule has 2 aromatic rings. The van der Waals surface area contributed by atoms with E-state index in [0.29, 0.717) is 23.1 Å². The maximum absolute atomic E-state index is 12.1. The molecule has 1 aliphatic heterocycles. The van der Waals surface area contributed by atoms with Gasteiger partial charge in [0.05, 0.1) is 5.02 Å². The molecule has 0 fully saturated rings. The molecule has 0 unspecified atom stereocenters. The van der Waals surface area contributed by atoms with Crippen LogP contribution in [0.3, 0.4) is 0 Å². The van der Waals surface area contributed by atoms with Crippen molar-refractivity contribution in [2.75, 3.05) is 6.79 Å². The molecule has 1 aliphatic rings. The molecule has 0 spiro atoms. The van der Waals surface area contributed by atoms with Gasteiger partial charge in [0.2, 0.25) is 6.79 Å². The van der Waals surface area contributed by atoms with Crippen LogP contribution in [0.4, 0.5) is 0 Å². The number of hydrogen-bond donors (Lipinski definition) is 1. The minimum Gasteiger partial charge on any atom is -0.479 e. The Morgan fingerprint density at radius 3 is 2.87 bits per heavy atom. The van der Waals surface area contributed by atoms with E-state index in [-0.39, 0.29) is 12.7 Å². The van der Waals surface area contributed by atoms with Crippen molar-refractivity contribution in [2.45, 2.75) is 19.6 Å². The Hall–Kier alpha value is -2.40. The lowest BCUT2D eigenvalue weighted by atomic mass is 10.2. The number of carbonyl (C=O) groups is 1. The van der Waals surface area contributed by atoms with E-state index in [1.54, 1.807) is 31.2 Å². The largest absolute Gasteiger partial charge is 0.479 e. The van der Waals surface area contributed by atoms with Crippen molar-refractivity contribution in [1.29, 1.82) is 0 Å². The molecule has 1 atom stereocenters. The van der Waals surface area contributed by atoms with Crippen LogP contribution in [-0.4, -0.2) is 18.8 Å². The van der Waals surface area contributed by atoms with Crippen molar-refractivity contribution in [3.63, 3.8) is 0 Å². The van der Waals surface area contributed by atoms with Gasteiger partial charge >= 0.3 is 0 Å². The first-order chi connectivity index (χ1) is 11.1. The lowest BCUT2D eigenvalue weighted by Crippen LogP contribution is -2.35. The van der Waals surface area contributed by atoms with Gasteiger partial charge in [-0.15, -0.1) is 0 Å². The molecule has 1 amide bonds. The molecular weight excluding hydrogens is 318 g/mol. The van der Waals surface area contributed by atoms with E-state index in [0.717, 1.165) is 11.3 Å². The number of benzene rings is 2. The number of rotatable bonds is 5. The highest BCUT2D eigenvalue weighted by molar-refractivity contribution is 6.32. The lowest BCUT2D eigenvalue weighted by molar-refractivity contribution is -0.127. The van der Waals surface area contributed by atoms with Crippen LogP contribution in [0.5, 0.6) is 17.2 Å². The van der Waals surface area contributed by atoms with Crippen molar-refractivity contribution in [3.05, 3.63) is 53.1 Å². The second kappa shape index (κ2) is 6.79. The van der Waals surface area contributed by atoms with Gasteiger partial charge in [0.15, 0.2) is 17.6 Å². The number of hydrogen-bond acceptors (Lipinski definition) is 4. The fraction of sp³-hybridized carbons (Fsp3) is 0.235. The van der Waals surface area contributed by atoms with Gasteiger partial charge in [0.1, 0.15) is 5.75 Å². The van der Waals surface area contributed by atoms with Gasteiger partial charge in [-0.2, -0.15) is 0 Å². The summed E-state index contributed by atoms with van der Waals surface area (Å²) in [5.41, 5.74) is 0.924. The summed E-state index contributed by atoms with van der Waals surface area (Å²) in [5, 5.41) is 3.30. The van der Waals surface area contributed by atoms with Gasteiger partial charge in [0, 0.05) is 6.54 Å². The van der Waals surface area contributed by atoms with E-state index in [9.17, 15) is 4.79 Å². The highest BCUT2D eigenvalue weighted by atomic mass is 35.5. The summed E-state index contributed by atoms with van der Waals surface area (Å²) in [6, 6.07) is 12.6. The molecule has 120 valence electrons. The first-order valence-electron chi connectivity index (χ1n) is 7.21. The number of nitrogens with one attached hydrogen (secondary N) is 1. The van der Waals surface area contributed by atoms with Crippen LogP contribution in [0.15, 0.2) is 42.5 Å². The summed E-state index contributed by atoms with van der Waals surface area (Å²) >= 11 is 6.02. The zero-order chi connectivity index (χ0) is 16.2. The zero-order valence-electron chi connectivity index (χ0n) is 12.5. The Labute approximate surface area is 139 Å². The topological polar surface area (TPSA) is 56.8 Å². The first kappa shape index (κ1) is 15.5. The molecule has 1 heterocycles. The highest BCUT2D eigenvalue weighted by Gasteiger charge is 2.17. The van der Waals surface area contributed by atoms with Gasteiger partial charge in [-0.05, 0) is 36.8 Å². The molecule has 3 rings (SSSR count). The van der Waals surface area contributed by atoms with E-state index in [1.165, 1.54) is 0 Å². The summed E-state index contributed by atoms with van der Waals surface area (Å²) in [6.45, 7) is 2.29. The fourth-order valence-corrected chi connectivity index (χ4v) is 2.35. The molecule has 0 aromatic heterocycles. The molecule has 0 saturated carbocycles. The SMILES string of the molecule is C[C@@H](Oc1ccccc1Cl)C(=O)NCc1ccc2c(c1)OCO2. The Balaban J connectivity index is 1.55. The van der Waals surface area contributed by atoms with E-state index in [1.807, 2.05) is 18.2 Å². The van der Waals surface area contributed by atoms with Crippen LogP contribution in [0, 0.1) is 0 Å². The van der Waals surface area contributed by atoms with E-state index < -0.39 is 6.10 Å². The van der Waals surface area contributed by atoms with Crippen molar-refractivity contribution in [2.24, 2.45) is 0 Å². The predicted molar refractivity (Wildman–Crippen MR) is 86.0 cm³/mol. The third-order valence-corrected chi connectivity index (χ3v) is 3.73. The smallest absolute Gasteiger partial charge is 0.261 e. The standard InChI is InChI=1S/C17H16ClNO4/c1-11(23-14-5-3-2-4-13(14)18)17(20)19-9-12-6-7-15-16(8-12)22-10-21-15/h2-8,11H,9-10H2,1H3,(H,19,20)/t11-/m1/s1. The van der Waals surface area contributed by atoms with Gasteiger partial charge in [-0.25, -0.2) is 0 Å². The van der Waals surface area contributed by atoms with Crippen molar-refractivity contribution in [1.82, 2.24) is 5.32 Å². The number of carbonyl (C=O) groups excluding carboxylic acids is 1. The highest BCUT2D eigenvalue weighted by Crippen LogP contribution is 2.32. The monoisotopic (exact) mass is 333 g/mol. The third kappa shape index (κ3) is 3.68. The molecule has 0 radical (unpaired) electrons. The van der Waals surface area contributed by atoms with Crippen LogP contribution >= 0.6 is 11.6 Å². The summed E-state index contributed by atoms with van der Waals surface area (Å²) in [6.07, 6.45) is -0.649. The van der Waals surface area contributed by atoms with Gasteiger partial charge in [0.25, 0.3) is 5.91 Å². The zero-order valence-corrected chi connectivity index (χ0v) is 13.3. The lowest BCUT2D eigenvalue weighted by Gasteiger charge is -2.15. The second-order valence-electron chi connectivity index (χ2n) is 5.10. The molecule has 2 aromatic carbocycles. The average Bonchev–Trinajstić information content (AvgIpc) is 3.02. The Morgan fingerprint density at radius 2 is 2.04 bits per heavy atom. The number of amides is 1. The van der Waals surface area contributed by atoms with Crippen molar-refractivity contribution >= 4 is 17.5 Å².